The number of aromatic nitrogens is 2. The van der Waals surface area contributed by atoms with Crippen LogP contribution in [0.2, 0.25) is 0 Å². The van der Waals surface area contributed by atoms with Crippen molar-refractivity contribution in [2.24, 2.45) is 0 Å². The lowest BCUT2D eigenvalue weighted by Crippen LogP contribution is -2.49. The molecule has 2 aliphatic rings. The van der Waals surface area contributed by atoms with Gasteiger partial charge in [-0.15, -0.1) is 0 Å². The summed E-state index contributed by atoms with van der Waals surface area (Å²) in [5.41, 5.74) is 0.212. The zero-order valence-corrected chi connectivity index (χ0v) is 15.5. The number of likely N-dealkylation sites (tertiary alicyclic amines) is 1. The fourth-order valence-corrected chi connectivity index (χ4v) is 3.96. The Labute approximate surface area is 158 Å². The molecule has 0 aromatic carbocycles. The lowest BCUT2D eigenvalue weighted by Gasteiger charge is -2.38. The van der Waals surface area contributed by atoms with E-state index in [1.165, 1.54) is 0 Å². The van der Waals surface area contributed by atoms with Gasteiger partial charge in [-0.1, -0.05) is 0 Å². The second kappa shape index (κ2) is 7.96. The molecule has 1 amide bonds. The van der Waals surface area contributed by atoms with E-state index in [4.69, 9.17) is 9.47 Å². The Hall–Kier alpha value is -1.96. The second-order valence-corrected chi connectivity index (χ2v) is 7.63. The Kier molecular flexibility index (Phi) is 5.43. The molecule has 7 heteroatoms. The summed E-state index contributed by atoms with van der Waals surface area (Å²) in [6, 6.07) is 4.00. The van der Waals surface area contributed by atoms with E-state index in [0.717, 1.165) is 30.4 Å². The Bertz CT molecular complexity index is 776. The first-order valence-corrected chi connectivity index (χ1v) is 9.71. The zero-order chi connectivity index (χ0) is 18.7. The van der Waals surface area contributed by atoms with Crippen LogP contribution in [-0.4, -0.2) is 70.1 Å². The molecule has 1 N–H and O–H groups in total. The minimum absolute atomic E-state index is 0.00865. The Balaban J connectivity index is 1.26. The summed E-state index contributed by atoms with van der Waals surface area (Å²) >= 11 is 0. The molecule has 27 heavy (non-hydrogen) atoms. The highest BCUT2D eigenvalue weighted by atomic mass is 16.5. The molecule has 0 aliphatic carbocycles. The number of piperidine rings is 1. The fraction of sp³-hybridized carbons (Fsp3) is 0.600. The van der Waals surface area contributed by atoms with Gasteiger partial charge in [0.1, 0.15) is 6.61 Å². The normalized spacial score (nSPS) is 22.4. The molecule has 2 aliphatic heterocycles. The van der Waals surface area contributed by atoms with E-state index < -0.39 is 5.60 Å². The topological polar surface area (TPSA) is 76.8 Å². The van der Waals surface area contributed by atoms with Gasteiger partial charge in [-0.3, -0.25) is 9.78 Å². The van der Waals surface area contributed by atoms with E-state index in [2.05, 4.69) is 4.98 Å². The molecule has 1 atom stereocenters. The summed E-state index contributed by atoms with van der Waals surface area (Å²) in [5, 5.41) is 12.1. The summed E-state index contributed by atoms with van der Waals surface area (Å²) in [5.74, 6) is -0.00865. The maximum Gasteiger partial charge on any atom is 0.248 e. The highest BCUT2D eigenvalue weighted by Crippen LogP contribution is 2.26. The molecule has 0 radical (unpaired) electrons. The number of carbonyl (C=O) groups is 1. The van der Waals surface area contributed by atoms with E-state index in [-0.39, 0.29) is 18.6 Å². The minimum Gasteiger partial charge on any atom is -0.388 e. The van der Waals surface area contributed by atoms with Gasteiger partial charge in [-0.2, -0.15) is 0 Å². The summed E-state index contributed by atoms with van der Waals surface area (Å²) in [6.07, 6.45) is 8.91. The predicted octanol–water partition coefficient (Wildman–Crippen LogP) is 1.59. The first-order chi connectivity index (χ1) is 13.1. The van der Waals surface area contributed by atoms with Crippen LogP contribution in [-0.2, 0) is 20.8 Å². The van der Waals surface area contributed by atoms with Crippen LogP contribution in [0.3, 0.4) is 0 Å². The Morgan fingerprint density at radius 1 is 1.37 bits per heavy atom. The standard InChI is InChI=1S/C20H27N3O4/c24-19(14-26-13-17-2-1-11-27-17)22-9-5-20(25,6-10-22)15-23-8-4-16-3-7-21-12-18(16)23/h3-4,7-8,12,17,25H,1-2,5-6,9-11,13-15H2/t17-/m0/s1. The van der Waals surface area contributed by atoms with Crippen molar-refractivity contribution >= 4 is 16.8 Å². The lowest BCUT2D eigenvalue weighted by molar-refractivity contribution is -0.141. The van der Waals surface area contributed by atoms with Crippen molar-refractivity contribution in [2.45, 2.75) is 43.9 Å². The maximum atomic E-state index is 12.3. The van der Waals surface area contributed by atoms with Crippen molar-refractivity contribution in [1.29, 1.82) is 0 Å². The quantitative estimate of drug-likeness (QED) is 0.832. The number of nitrogens with zero attached hydrogens (tertiary/aromatic N) is 3. The average Bonchev–Trinajstić information content (AvgIpc) is 3.33. The molecule has 4 rings (SSSR count). The van der Waals surface area contributed by atoms with Gasteiger partial charge in [0.2, 0.25) is 5.91 Å². The van der Waals surface area contributed by atoms with Gasteiger partial charge in [0.05, 0.1) is 36.6 Å². The van der Waals surface area contributed by atoms with Crippen LogP contribution in [0.1, 0.15) is 25.7 Å². The highest BCUT2D eigenvalue weighted by Gasteiger charge is 2.34. The fourth-order valence-electron chi connectivity index (χ4n) is 3.96. The van der Waals surface area contributed by atoms with Crippen molar-refractivity contribution in [3.05, 3.63) is 30.7 Å². The maximum absolute atomic E-state index is 12.3. The second-order valence-electron chi connectivity index (χ2n) is 7.63. The molecule has 0 spiro atoms. The smallest absolute Gasteiger partial charge is 0.248 e. The van der Waals surface area contributed by atoms with Crippen molar-refractivity contribution in [2.75, 3.05) is 32.9 Å². The van der Waals surface area contributed by atoms with Gasteiger partial charge in [0, 0.05) is 37.5 Å². The summed E-state index contributed by atoms with van der Waals surface area (Å²) in [4.78, 5) is 18.3. The molecule has 4 heterocycles. The van der Waals surface area contributed by atoms with Crippen molar-refractivity contribution < 1.29 is 19.4 Å². The number of carbonyl (C=O) groups excluding carboxylic acids is 1. The number of ether oxygens (including phenoxy) is 2. The van der Waals surface area contributed by atoms with Gasteiger partial charge in [-0.25, -0.2) is 0 Å². The average molecular weight is 373 g/mol. The van der Waals surface area contributed by atoms with Gasteiger partial charge in [-0.05, 0) is 37.8 Å². The number of amides is 1. The number of rotatable bonds is 6. The van der Waals surface area contributed by atoms with E-state index >= 15 is 0 Å². The third kappa shape index (κ3) is 4.31. The number of hydrogen-bond acceptors (Lipinski definition) is 5. The largest absolute Gasteiger partial charge is 0.388 e. The van der Waals surface area contributed by atoms with E-state index in [0.29, 0.717) is 39.1 Å². The summed E-state index contributed by atoms with van der Waals surface area (Å²) in [6.45, 7) is 2.98. The molecule has 0 unspecified atom stereocenters. The third-order valence-corrected chi connectivity index (χ3v) is 5.64. The van der Waals surface area contributed by atoms with Crippen LogP contribution in [0.25, 0.3) is 10.9 Å². The molecule has 146 valence electrons. The van der Waals surface area contributed by atoms with Crippen molar-refractivity contribution in [3.63, 3.8) is 0 Å². The minimum atomic E-state index is -0.808. The first kappa shape index (κ1) is 18.4. The van der Waals surface area contributed by atoms with Crippen LogP contribution in [0.5, 0.6) is 0 Å². The monoisotopic (exact) mass is 373 g/mol. The zero-order valence-electron chi connectivity index (χ0n) is 15.5. The Morgan fingerprint density at radius 3 is 3.00 bits per heavy atom. The number of pyridine rings is 1. The highest BCUT2D eigenvalue weighted by molar-refractivity contribution is 5.79. The van der Waals surface area contributed by atoms with E-state index in [1.807, 2.05) is 29.1 Å². The van der Waals surface area contributed by atoms with Crippen LogP contribution in [0.15, 0.2) is 30.7 Å². The molecule has 2 aromatic rings. The van der Waals surface area contributed by atoms with Gasteiger partial charge in [0.25, 0.3) is 0 Å². The van der Waals surface area contributed by atoms with Crippen molar-refractivity contribution in [3.8, 4) is 0 Å². The van der Waals surface area contributed by atoms with Crippen LogP contribution in [0.4, 0.5) is 0 Å². The van der Waals surface area contributed by atoms with Crippen LogP contribution >= 0.6 is 0 Å². The van der Waals surface area contributed by atoms with E-state index in [9.17, 15) is 9.90 Å². The molecular weight excluding hydrogens is 346 g/mol. The van der Waals surface area contributed by atoms with Crippen molar-refractivity contribution in [1.82, 2.24) is 14.5 Å². The molecule has 2 saturated heterocycles. The number of aliphatic hydroxyl groups is 1. The van der Waals surface area contributed by atoms with Crippen LogP contribution in [0, 0.1) is 0 Å². The lowest BCUT2D eigenvalue weighted by atomic mass is 9.91. The van der Waals surface area contributed by atoms with Gasteiger partial charge < -0.3 is 24.0 Å². The molecule has 2 aromatic heterocycles. The number of fused-ring (bicyclic) bond motifs is 1. The molecule has 7 nitrogen and oxygen atoms in total. The molecule has 2 fully saturated rings. The van der Waals surface area contributed by atoms with E-state index in [1.54, 1.807) is 11.1 Å². The number of hydrogen-bond donors (Lipinski definition) is 1. The molecule has 0 bridgehead atoms. The van der Waals surface area contributed by atoms with Crippen LogP contribution < -0.4 is 0 Å². The van der Waals surface area contributed by atoms with Gasteiger partial charge >= 0.3 is 0 Å². The molecule has 0 saturated carbocycles. The Morgan fingerprint density at radius 2 is 2.22 bits per heavy atom. The first-order valence-electron chi connectivity index (χ1n) is 9.71. The SMILES string of the molecule is O=C(COC[C@@H]1CCCO1)N1CCC(O)(Cn2ccc3ccncc32)CC1. The molecular formula is C20H27N3O4. The predicted molar refractivity (Wildman–Crippen MR) is 100 cm³/mol. The summed E-state index contributed by atoms with van der Waals surface area (Å²) in [7, 11) is 0. The third-order valence-electron chi connectivity index (χ3n) is 5.64. The van der Waals surface area contributed by atoms with Gasteiger partial charge in [0.15, 0.2) is 0 Å². The summed E-state index contributed by atoms with van der Waals surface area (Å²) < 4.78 is 13.1.